The molecule has 1 saturated heterocycles. The molecule has 4 nitrogen and oxygen atoms in total. The summed E-state index contributed by atoms with van der Waals surface area (Å²) in [6.07, 6.45) is 2.18. The van der Waals surface area contributed by atoms with Gasteiger partial charge in [0.1, 0.15) is 11.5 Å². The molecule has 0 bridgehead atoms. The van der Waals surface area contributed by atoms with Gasteiger partial charge in [-0.3, -0.25) is 4.79 Å². The number of aliphatic carboxylic acids is 1. The van der Waals surface area contributed by atoms with E-state index in [1.165, 1.54) is 0 Å². The summed E-state index contributed by atoms with van der Waals surface area (Å²) in [6, 6.07) is 17.6. The van der Waals surface area contributed by atoms with Gasteiger partial charge in [0.15, 0.2) is 0 Å². The molecule has 0 aromatic heterocycles. The summed E-state index contributed by atoms with van der Waals surface area (Å²) in [5.41, 5.74) is 1.06. The van der Waals surface area contributed by atoms with Gasteiger partial charge in [0, 0.05) is 18.3 Å². The van der Waals surface area contributed by atoms with E-state index in [0.29, 0.717) is 0 Å². The molecule has 23 heavy (non-hydrogen) atoms. The van der Waals surface area contributed by atoms with Gasteiger partial charge in [0.2, 0.25) is 0 Å². The highest BCUT2D eigenvalue weighted by Crippen LogP contribution is 2.30. The molecule has 1 N–H and O–H groups in total. The van der Waals surface area contributed by atoms with Crippen molar-refractivity contribution >= 4 is 24.1 Å². The molecule has 0 unspecified atom stereocenters. The van der Waals surface area contributed by atoms with Gasteiger partial charge < -0.3 is 14.7 Å². The first kappa shape index (κ1) is 17.2. The molecule has 1 heterocycles. The zero-order valence-electron chi connectivity index (χ0n) is 12.7. The topological polar surface area (TPSA) is 49.8 Å². The largest absolute Gasteiger partial charge is 0.481 e. The lowest BCUT2D eigenvalue weighted by atomic mass is 10.1. The lowest BCUT2D eigenvalue weighted by molar-refractivity contribution is -0.137. The summed E-state index contributed by atoms with van der Waals surface area (Å²) in [5, 5.41) is 9.00. The third-order valence-electron chi connectivity index (χ3n) is 3.93. The van der Waals surface area contributed by atoms with Gasteiger partial charge in [-0.15, -0.1) is 12.4 Å². The zero-order chi connectivity index (χ0) is 15.4. The van der Waals surface area contributed by atoms with Crippen LogP contribution in [0.5, 0.6) is 11.5 Å². The van der Waals surface area contributed by atoms with Crippen molar-refractivity contribution in [2.75, 3.05) is 11.4 Å². The lowest BCUT2D eigenvalue weighted by Gasteiger charge is -2.25. The highest BCUT2D eigenvalue weighted by atomic mass is 35.5. The number of nitrogens with zero attached hydrogens (tertiary/aromatic N) is 1. The van der Waals surface area contributed by atoms with Gasteiger partial charge >= 0.3 is 5.97 Å². The molecule has 5 heteroatoms. The van der Waals surface area contributed by atoms with Crippen molar-refractivity contribution in [1.82, 2.24) is 0 Å². The maximum Gasteiger partial charge on any atom is 0.305 e. The predicted molar refractivity (Wildman–Crippen MR) is 92.8 cm³/mol. The fourth-order valence-corrected chi connectivity index (χ4v) is 2.92. The predicted octanol–water partition coefficient (Wildman–Crippen LogP) is 4.34. The zero-order valence-corrected chi connectivity index (χ0v) is 13.5. The Labute approximate surface area is 142 Å². The van der Waals surface area contributed by atoms with E-state index in [1.807, 2.05) is 54.6 Å². The molecule has 0 saturated carbocycles. The Balaban J connectivity index is 0.00000192. The van der Waals surface area contributed by atoms with Crippen LogP contribution in [0.3, 0.4) is 0 Å². The number of carbonyl (C=O) groups is 1. The van der Waals surface area contributed by atoms with Crippen LogP contribution in [0.1, 0.15) is 19.3 Å². The Hall–Kier alpha value is -2.20. The number of rotatable bonds is 5. The molecule has 1 aliphatic rings. The van der Waals surface area contributed by atoms with Crippen LogP contribution in [0.15, 0.2) is 54.6 Å². The van der Waals surface area contributed by atoms with E-state index in [2.05, 4.69) is 4.90 Å². The van der Waals surface area contributed by atoms with Crippen molar-refractivity contribution in [3.05, 3.63) is 54.6 Å². The number of para-hydroxylation sites is 1. The van der Waals surface area contributed by atoms with Crippen LogP contribution >= 0.6 is 12.4 Å². The van der Waals surface area contributed by atoms with E-state index in [4.69, 9.17) is 9.84 Å². The lowest BCUT2D eigenvalue weighted by Crippen LogP contribution is -2.31. The van der Waals surface area contributed by atoms with Crippen molar-refractivity contribution in [3.8, 4) is 11.5 Å². The standard InChI is InChI=1S/C18H19NO3.ClH/c20-18(21)13-15-5-4-12-19(15)14-8-10-17(11-9-14)22-16-6-2-1-3-7-16;/h1-3,6-11,15H,4-5,12-13H2,(H,20,21);1H/t15-;/m0./s1. The monoisotopic (exact) mass is 333 g/mol. The number of benzene rings is 2. The van der Waals surface area contributed by atoms with Gasteiger partial charge in [-0.2, -0.15) is 0 Å². The van der Waals surface area contributed by atoms with Gasteiger partial charge in [-0.25, -0.2) is 0 Å². The quantitative estimate of drug-likeness (QED) is 0.884. The van der Waals surface area contributed by atoms with E-state index in [0.717, 1.165) is 36.6 Å². The molecule has 122 valence electrons. The number of carboxylic acids is 1. The third kappa shape index (κ3) is 4.39. The molecule has 1 fully saturated rings. The second kappa shape index (κ2) is 7.88. The fourth-order valence-electron chi connectivity index (χ4n) is 2.92. The minimum Gasteiger partial charge on any atom is -0.481 e. The summed E-state index contributed by atoms with van der Waals surface area (Å²) in [6.45, 7) is 0.914. The first-order valence-electron chi connectivity index (χ1n) is 7.54. The van der Waals surface area contributed by atoms with E-state index in [1.54, 1.807) is 0 Å². The molecule has 0 aliphatic carbocycles. The Kier molecular flexibility index (Phi) is 5.88. The average Bonchev–Trinajstić information content (AvgIpc) is 2.96. The third-order valence-corrected chi connectivity index (χ3v) is 3.93. The first-order chi connectivity index (χ1) is 10.7. The summed E-state index contributed by atoms with van der Waals surface area (Å²) < 4.78 is 5.77. The maximum atomic E-state index is 10.9. The van der Waals surface area contributed by atoms with Crippen LogP contribution in [-0.4, -0.2) is 23.7 Å². The smallest absolute Gasteiger partial charge is 0.305 e. The van der Waals surface area contributed by atoms with Gasteiger partial charge in [0.25, 0.3) is 0 Å². The molecular weight excluding hydrogens is 314 g/mol. The number of hydrogen-bond acceptors (Lipinski definition) is 3. The Morgan fingerprint density at radius 2 is 1.74 bits per heavy atom. The minimum absolute atomic E-state index is 0. The Morgan fingerprint density at radius 3 is 2.39 bits per heavy atom. The molecule has 3 rings (SSSR count). The normalized spacial score (nSPS) is 16.7. The molecule has 0 radical (unpaired) electrons. The Morgan fingerprint density at radius 1 is 1.09 bits per heavy atom. The van der Waals surface area contributed by atoms with Crippen LogP contribution in [0.2, 0.25) is 0 Å². The van der Waals surface area contributed by atoms with Crippen molar-refractivity contribution in [2.45, 2.75) is 25.3 Å². The molecule has 1 aliphatic heterocycles. The number of hydrogen-bond donors (Lipinski definition) is 1. The maximum absolute atomic E-state index is 10.9. The number of anilines is 1. The molecule has 0 spiro atoms. The molecular formula is C18H20ClNO3. The van der Waals surface area contributed by atoms with Crippen molar-refractivity contribution in [1.29, 1.82) is 0 Å². The van der Waals surface area contributed by atoms with E-state index in [9.17, 15) is 4.79 Å². The SMILES string of the molecule is Cl.O=C(O)C[C@@H]1CCCN1c1ccc(Oc2ccccc2)cc1. The number of halogens is 1. The minimum atomic E-state index is -0.735. The number of carboxylic acid groups (broad SMARTS) is 1. The van der Waals surface area contributed by atoms with Gasteiger partial charge in [0.05, 0.1) is 6.42 Å². The van der Waals surface area contributed by atoms with Crippen molar-refractivity contribution in [3.63, 3.8) is 0 Å². The van der Waals surface area contributed by atoms with Crippen LogP contribution in [-0.2, 0) is 4.79 Å². The summed E-state index contributed by atoms with van der Waals surface area (Å²) in [4.78, 5) is 13.1. The van der Waals surface area contributed by atoms with Crippen LogP contribution in [0.4, 0.5) is 5.69 Å². The summed E-state index contributed by atoms with van der Waals surface area (Å²) >= 11 is 0. The van der Waals surface area contributed by atoms with Crippen LogP contribution in [0, 0.1) is 0 Å². The van der Waals surface area contributed by atoms with Gasteiger partial charge in [-0.1, -0.05) is 18.2 Å². The van der Waals surface area contributed by atoms with Gasteiger partial charge in [-0.05, 0) is 49.2 Å². The fraction of sp³-hybridized carbons (Fsp3) is 0.278. The van der Waals surface area contributed by atoms with Crippen molar-refractivity contribution < 1.29 is 14.6 Å². The first-order valence-corrected chi connectivity index (χ1v) is 7.54. The van der Waals surface area contributed by atoms with Crippen LogP contribution < -0.4 is 9.64 Å². The second-order valence-corrected chi connectivity index (χ2v) is 5.50. The van der Waals surface area contributed by atoms with Crippen LogP contribution in [0.25, 0.3) is 0 Å². The van der Waals surface area contributed by atoms with E-state index >= 15 is 0 Å². The van der Waals surface area contributed by atoms with Crippen molar-refractivity contribution in [2.24, 2.45) is 0 Å². The molecule has 1 atom stereocenters. The van der Waals surface area contributed by atoms with E-state index < -0.39 is 5.97 Å². The molecule has 0 amide bonds. The average molecular weight is 334 g/mol. The molecule has 2 aromatic rings. The highest BCUT2D eigenvalue weighted by Gasteiger charge is 2.26. The molecule has 2 aromatic carbocycles. The number of ether oxygens (including phenoxy) is 1. The van der Waals surface area contributed by atoms with E-state index in [-0.39, 0.29) is 24.9 Å². The summed E-state index contributed by atoms with van der Waals surface area (Å²) in [5.74, 6) is 0.852. The Bertz CT molecular complexity index is 630. The summed E-state index contributed by atoms with van der Waals surface area (Å²) in [7, 11) is 0. The highest BCUT2D eigenvalue weighted by molar-refractivity contribution is 5.85. The second-order valence-electron chi connectivity index (χ2n) is 5.50.